The van der Waals surface area contributed by atoms with Gasteiger partial charge in [-0.1, -0.05) is 16.8 Å². The second kappa shape index (κ2) is 6.71. The monoisotopic (exact) mass is 341 g/mol. The van der Waals surface area contributed by atoms with Crippen LogP contribution >= 0.6 is 11.6 Å². The first-order valence-electron chi connectivity index (χ1n) is 6.97. The molecule has 22 heavy (non-hydrogen) atoms. The molecule has 0 bridgehead atoms. The minimum absolute atomic E-state index is 0.326. The third-order valence-electron chi connectivity index (χ3n) is 3.17. The summed E-state index contributed by atoms with van der Waals surface area (Å²) in [6, 6.07) is 5.41. The lowest BCUT2D eigenvalue weighted by atomic mass is 10.2. The van der Waals surface area contributed by atoms with Crippen LogP contribution in [0.3, 0.4) is 0 Å². The third-order valence-corrected chi connectivity index (χ3v) is 4.71. The second-order valence-electron chi connectivity index (χ2n) is 5.12. The molecule has 118 valence electrons. The fourth-order valence-electron chi connectivity index (χ4n) is 2.25. The molecule has 0 saturated heterocycles. The van der Waals surface area contributed by atoms with Crippen LogP contribution in [-0.4, -0.2) is 22.6 Å². The van der Waals surface area contributed by atoms with Crippen molar-refractivity contribution in [3.05, 3.63) is 40.2 Å². The molecule has 1 atom stereocenters. The Morgan fingerprint density at radius 1 is 1.23 bits per heavy atom. The minimum atomic E-state index is -1.11. The van der Waals surface area contributed by atoms with Crippen LogP contribution in [0.2, 0.25) is 5.02 Å². The Hall–Kier alpha value is -1.53. The molecule has 0 spiro atoms. The maximum atomic E-state index is 12.2. The molecule has 2 aromatic rings. The van der Waals surface area contributed by atoms with Crippen LogP contribution in [0.25, 0.3) is 0 Å². The van der Waals surface area contributed by atoms with Crippen LogP contribution in [0, 0.1) is 6.92 Å². The number of nitrogens with zero attached hydrogens (tertiary/aromatic N) is 1. The zero-order valence-electron chi connectivity index (χ0n) is 12.1. The van der Waals surface area contributed by atoms with Crippen molar-refractivity contribution >= 4 is 22.4 Å². The highest BCUT2D eigenvalue weighted by Crippen LogP contribution is 2.38. The van der Waals surface area contributed by atoms with E-state index in [4.69, 9.17) is 25.6 Å². The molecular weight excluding hydrogens is 326 g/mol. The van der Waals surface area contributed by atoms with Gasteiger partial charge in [0.25, 0.3) is 0 Å². The predicted octanol–water partition coefficient (Wildman–Crippen LogP) is 3.25. The number of benzene rings is 1. The van der Waals surface area contributed by atoms with Crippen LogP contribution < -0.4 is 9.47 Å². The molecule has 1 aromatic carbocycles. The summed E-state index contributed by atoms with van der Waals surface area (Å²) in [5, 5.41) is 4.28. The Morgan fingerprint density at radius 3 is 2.82 bits per heavy atom. The Kier molecular flexibility index (Phi) is 4.69. The Morgan fingerprint density at radius 2 is 2.05 bits per heavy atom. The highest BCUT2D eigenvalue weighted by Gasteiger charge is 2.17. The van der Waals surface area contributed by atoms with Gasteiger partial charge in [-0.3, -0.25) is 4.21 Å². The Labute approximate surface area is 136 Å². The molecule has 1 unspecified atom stereocenters. The number of rotatable bonds is 4. The lowest BCUT2D eigenvalue weighted by Gasteiger charge is -2.11. The van der Waals surface area contributed by atoms with Crippen molar-refractivity contribution in [1.29, 1.82) is 0 Å². The first-order chi connectivity index (χ1) is 10.6. The lowest BCUT2D eigenvalue weighted by Crippen LogP contribution is -2.00. The van der Waals surface area contributed by atoms with Gasteiger partial charge in [-0.15, -0.1) is 0 Å². The van der Waals surface area contributed by atoms with Crippen LogP contribution in [0.15, 0.2) is 22.7 Å². The summed E-state index contributed by atoms with van der Waals surface area (Å²) in [6.07, 6.45) is 0.817. The number of hydrogen-bond donors (Lipinski definition) is 0. The van der Waals surface area contributed by atoms with Gasteiger partial charge in [-0.2, -0.15) is 0 Å². The summed E-state index contributed by atoms with van der Waals surface area (Å²) in [5.74, 6) is 2.51. The highest BCUT2D eigenvalue weighted by atomic mass is 35.5. The highest BCUT2D eigenvalue weighted by molar-refractivity contribution is 7.83. The van der Waals surface area contributed by atoms with E-state index in [-0.39, 0.29) is 0 Å². The Balaban J connectivity index is 1.73. The van der Waals surface area contributed by atoms with Crippen LogP contribution in [-0.2, 0) is 22.3 Å². The molecule has 0 aliphatic carbocycles. The summed E-state index contributed by atoms with van der Waals surface area (Å²) in [6.45, 7) is 3.01. The lowest BCUT2D eigenvalue weighted by molar-refractivity contribution is 0.297. The number of halogens is 1. The molecule has 2 heterocycles. The average molecular weight is 342 g/mol. The third kappa shape index (κ3) is 3.62. The summed E-state index contributed by atoms with van der Waals surface area (Å²) in [5.41, 5.74) is 1.63. The van der Waals surface area contributed by atoms with Crippen LogP contribution in [0.5, 0.6) is 11.5 Å². The number of fused-ring (bicyclic) bond motifs is 1. The number of aromatic nitrogens is 1. The molecule has 0 saturated carbocycles. The summed E-state index contributed by atoms with van der Waals surface area (Å²) < 4.78 is 28.6. The van der Waals surface area contributed by atoms with Crippen molar-refractivity contribution in [2.75, 3.05) is 13.2 Å². The van der Waals surface area contributed by atoms with E-state index in [1.807, 2.05) is 13.0 Å². The molecule has 0 radical (unpaired) electrons. The average Bonchev–Trinajstić information content (AvgIpc) is 2.72. The molecular formula is C15H16ClNO4S. The molecule has 1 aliphatic rings. The SMILES string of the molecule is Cc1cc(CS(=O)Cc2cc(Cl)c3c(c2)OCCCO3)on1. The molecule has 1 aromatic heterocycles. The van der Waals surface area contributed by atoms with Crippen molar-refractivity contribution < 1.29 is 18.2 Å². The fourth-order valence-corrected chi connectivity index (χ4v) is 3.63. The van der Waals surface area contributed by atoms with E-state index in [9.17, 15) is 4.21 Å². The van der Waals surface area contributed by atoms with Gasteiger partial charge >= 0.3 is 0 Å². The van der Waals surface area contributed by atoms with E-state index in [1.165, 1.54) is 0 Å². The first-order valence-corrected chi connectivity index (χ1v) is 8.83. The minimum Gasteiger partial charge on any atom is -0.489 e. The molecule has 3 rings (SSSR count). The van der Waals surface area contributed by atoms with Gasteiger partial charge in [-0.05, 0) is 24.6 Å². The Bertz CT molecular complexity index is 701. The van der Waals surface area contributed by atoms with Crippen molar-refractivity contribution in [2.45, 2.75) is 24.9 Å². The van der Waals surface area contributed by atoms with Gasteiger partial charge in [0, 0.05) is 29.0 Å². The van der Waals surface area contributed by atoms with E-state index in [0.29, 0.717) is 47.0 Å². The van der Waals surface area contributed by atoms with E-state index >= 15 is 0 Å². The maximum Gasteiger partial charge on any atom is 0.179 e. The molecule has 5 nitrogen and oxygen atoms in total. The quantitative estimate of drug-likeness (QED) is 0.854. The van der Waals surface area contributed by atoms with Crippen molar-refractivity contribution in [3.8, 4) is 11.5 Å². The van der Waals surface area contributed by atoms with Crippen molar-refractivity contribution in [1.82, 2.24) is 5.16 Å². The maximum absolute atomic E-state index is 12.2. The van der Waals surface area contributed by atoms with Gasteiger partial charge in [0.15, 0.2) is 11.5 Å². The van der Waals surface area contributed by atoms with E-state index in [1.54, 1.807) is 12.1 Å². The zero-order valence-corrected chi connectivity index (χ0v) is 13.7. The van der Waals surface area contributed by atoms with Gasteiger partial charge in [0.2, 0.25) is 0 Å². The number of aryl methyl sites for hydroxylation is 1. The van der Waals surface area contributed by atoms with E-state index in [2.05, 4.69) is 5.16 Å². The molecule has 0 N–H and O–H groups in total. The van der Waals surface area contributed by atoms with Gasteiger partial charge in [-0.25, -0.2) is 0 Å². The summed E-state index contributed by atoms with van der Waals surface area (Å²) in [7, 11) is -1.11. The predicted molar refractivity (Wildman–Crippen MR) is 83.8 cm³/mol. The molecule has 0 fully saturated rings. The fraction of sp³-hybridized carbons (Fsp3) is 0.400. The first kappa shape index (κ1) is 15.4. The van der Waals surface area contributed by atoms with E-state index < -0.39 is 10.8 Å². The molecule has 0 amide bonds. The topological polar surface area (TPSA) is 61.6 Å². The second-order valence-corrected chi connectivity index (χ2v) is 6.98. The van der Waals surface area contributed by atoms with Gasteiger partial charge < -0.3 is 14.0 Å². The number of hydrogen-bond acceptors (Lipinski definition) is 5. The van der Waals surface area contributed by atoms with Gasteiger partial charge in [0.05, 0.1) is 29.7 Å². The van der Waals surface area contributed by atoms with Crippen LogP contribution in [0.4, 0.5) is 0 Å². The van der Waals surface area contributed by atoms with Crippen molar-refractivity contribution in [2.24, 2.45) is 0 Å². The normalized spacial score (nSPS) is 15.4. The molecule has 1 aliphatic heterocycles. The zero-order chi connectivity index (χ0) is 15.5. The summed E-state index contributed by atoms with van der Waals surface area (Å²) >= 11 is 6.23. The van der Waals surface area contributed by atoms with Crippen LogP contribution in [0.1, 0.15) is 23.4 Å². The van der Waals surface area contributed by atoms with Gasteiger partial charge in [0.1, 0.15) is 5.76 Å². The standard InChI is InChI=1S/C15H16ClNO4S/c1-10-5-12(21-17-10)9-22(18)8-11-6-13(16)15-14(7-11)19-3-2-4-20-15/h5-7H,2-4,8-9H2,1H3. The number of ether oxygens (including phenoxy) is 2. The largest absolute Gasteiger partial charge is 0.489 e. The van der Waals surface area contributed by atoms with Crippen molar-refractivity contribution in [3.63, 3.8) is 0 Å². The summed E-state index contributed by atoms with van der Waals surface area (Å²) in [4.78, 5) is 0. The molecule has 7 heteroatoms. The van der Waals surface area contributed by atoms with E-state index in [0.717, 1.165) is 17.7 Å². The smallest absolute Gasteiger partial charge is 0.179 e.